The summed E-state index contributed by atoms with van der Waals surface area (Å²) in [6.07, 6.45) is -3.82. The predicted octanol–water partition coefficient (Wildman–Crippen LogP) is 1.66. The molecule has 14 heteroatoms. The fourth-order valence-corrected chi connectivity index (χ4v) is 4.42. The van der Waals surface area contributed by atoms with Gasteiger partial charge in [0.2, 0.25) is 0 Å². The van der Waals surface area contributed by atoms with Gasteiger partial charge in [0.25, 0.3) is 5.56 Å². The molecule has 2 N–H and O–H groups in total. The fourth-order valence-electron chi connectivity index (χ4n) is 3.21. The van der Waals surface area contributed by atoms with Gasteiger partial charge in [-0.15, -0.1) is 0 Å². The SMILES string of the molecule is COC(=O)[C@H](C)[N+]#C[P@](=O)(OC[C@H]1O[C@@H](n2ccc(=O)[nH]c2=O)[C@](C)(F)[C@@H]1O)Oc1ccccc1. The van der Waals surface area contributed by atoms with Crippen LogP contribution in [-0.4, -0.2) is 58.3 Å². The molecule has 1 aliphatic heterocycles. The van der Waals surface area contributed by atoms with Crippen molar-refractivity contribution in [2.45, 2.75) is 44.0 Å². The number of halogens is 1. The summed E-state index contributed by atoms with van der Waals surface area (Å²) in [6.45, 7) is 1.72. The average Bonchev–Trinajstić information content (AvgIpc) is 3.05. The lowest BCUT2D eigenvalue weighted by Gasteiger charge is -2.24. The standard InChI is InChI=1S/C21H23FN3O9P/c1-13(18(28)31-3)23-12-35(30,34-14-7-5-4-6-8-14)32-11-15-17(27)21(2,22)19(33-15)25-10-9-16(26)24-20(25)29/h4-10,13,15,17,19,27H,11H2,1-3H3/p+1/t13-,15+,17+,19+,21+,35-/m0/s1. The Bertz CT molecular complexity index is 1280. The number of rotatable bonds is 7. The summed E-state index contributed by atoms with van der Waals surface area (Å²) in [6, 6.07) is 7.80. The van der Waals surface area contributed by atoms with Crippen molar-refractivity contribution in [1.29, 1.82) is 0 Å². The van der Waals surface area contributed by atoms with E-state index in [-0.39, 0.29) is 5.75 Å². The Kier molecular flexibility index (Phi) is 7.92. The van der Waals surface area contributed by atoms with Gasteiger partial charge in [0.05, 0.1) is 13.7 Å². The number of carbonyl (C=O) groups is 1. The molecule has 6 atom stereocenters. The van der Waals surface area contributed by atoms with Gasteiger partial charge in [-0.3, -0.25) is 18.9 Å². The maximum Gasteiger partial charge on any atom is 0.530 e. The van der Waals surface area contributed by atoms with E-state index >= 15 is 4.39 Å². The highest BCUT2D eigenvalue weighted by Gasteiger charge is 2.56. The van der Waals surface area contributed by atoms with Gasteiger partial charge in [-0.1, -0.05) is 23.0 Å². The number of benzene rings is 1. The number of alkyl halides is 1. The van der Waals surface area contributed by atoms with Crippen LogP contribution in [0.5, 0.6) is 5.75 Å². The lowest BCUT2D eigenvalue weighted by Crippen LogP contribution is -2.43. The minimum Gasteiger partial charge on any atom is -0.463 e. The smallest absolute Gasteiger partial charge is 0.463 e. The van der Waals surface area contributed by atoms with Crippen LogP contribution in [-0.2, 0) is 23.4 Å². The number of H-pyrrole nitrogens is 1. The molecule has 2 aromatic rings. The second kappa shape index (κ2) is 10.5. The van der Waals surface area contributed by atoms with Crippen LogP contribution >= 0.6 is 7.60 Å². The average molecular weight is 512 g/mol. The van der Waals surface area contributed by atoms with E-state index in [9.17, 15) is 24.1 Å². The summed E-state index contributed by atoms with van der Waals surface area (Å²) >= 11 is 0. The van der Waals surface area contributed by atoms with Crippen molar-refractivity contribution >= 4 is 13.6 Å². The topological polar surface area (TPSA) is 151 Å². The van der Waals surface area contributed by atoms with Gasteiger partial charge in [-0.2, -0.15) is 0 Å². The summed E-state index contributed by atoms with van der Waals surface area (Å²) in [5, 5.41) is 10.5. The normalized spacial score (nSPS) is 26.1. The first-order chi connectivity index (χ1) is 16.5. The quantitative estimate of drug-likeness (QED) is 0.417. The number of carbonyl (C=O) groups excluding carboxylic acids is 1. The first-order valence-electron chi connectivity index (χ1n) is 10.3. The van der Waals surface area contributed by atoms with Crippen molar-refractivity contribution in [3.8, 4) is 11.6 Å². The fraction of sp³-hybridized carbons (Fsp3) is 0.429. The van der Waals surface area contributed by atoms with Crippen LogP contribution < -0.4 is 15.8 Å². The number of hydrogen-bond acceptors (Lipinski definition) is 9. The summed E-state index contributed by atoms with van der Waals surface area (Å²) in [4.78, 5) is 40.8. The van der Waals surface area contributed by atoms with Crippen molar-refractivity contribution in [1.82, 2.24) is 9.55 Å². The van der Waals surface area contributed by atoms with Crippen molar-refractivity contribution in [3.05, 3.63) is 68.3 Å². The number of aliphatic hydroxyl groups is 1. The molecule has 35 heavy (non-hydrogen) atoms. The van der Waals surface area contributed by atoms with Crippen LogP contribution in [0.15, 0.2) is 52.2 Å². The number of ether oxygens (including phenoxy) is 2. The van der Waals surface area contributed by atoms with Crippen LogP contribution in [0.25, 0.3) is 4.85 Å². The molecule has 1 fully saturated rings. The molecule has 0 radical (unpaired) electrons. The Balaban J connectivity index is 1.83. The van der Waals surface area contributed by atoms with Gasteiger partial charge in [0.1, 0.15) is 18.0 Å². The van der Waals surface area contributed by atoms with Gasteiger partial charge in [-0.25, -0.2) is 18.5 Å². The molecule has 1 aliphatic rings. The van der Waals surface area contributed by atoms with E-state index in [1.807, 2.05) is 4.98 Å². The molecular weight excluding hydrogens is 488 g/mol. The second-order valence-corrected chi connectivity index (χ2v) is 9.40. The summed E-state index contributed by atoms with van der Waals surface area (Å²) in [5.74, 6) is 1.59. The van der Waals surface area contributed by atoms with Crippen LogP contribution in [0.2, 0.25) is 0 Å². The number of methoxy groups -OCH3 is 1. The van der Waals surface area contributed by atoms with E-state index in [4.69, 9.17) is 13.8 Å². The van der Waals surface area contributed by atoms with E-state index in [1.54, 1.807) is 18.2 Å². The molecule has 3 rings (SSSR count). The van der Waals surface area contributed by atoms with Gasteiger partial charge in [0, 0.05) is 19.2 Å². The number of esters is 1. The molecule has 0 spiro atoms. The summed E-state index contributed by atoms with van der Waals surface area (Å²) in [5.41, 5.74) is -4.13. The third-order valence-corrected chi connectivity index (χ3v) is 6.42. The van der Waals surface area contributed by atoms with E-state index in [0.29, 0.717) is 0 Å². The molecule has 12 nitrogen and oxygen atoms in total. The number of nitrogens with one attached hydrogen (secondary N) is 1. The zero-order valence-corrected chi connectivity index (χ0v) is 19.9. The first kappa shape index (κ1) is 26.3. The predicted molar refractivity (Wildman–Crippen MR) is 120 cm³/mol. The third-order valence-electron chi connectivity index (χ3n) is 5.11. The molecule has 0 saturated carbocycles. The zero-order valence-electron chi connectivity index (χ0n) is 19.0. The van der Waals surface area contributed by atoms with Crippen molar-refractivity contribution in [2.75, 3.05) is 13.7 Å². The molecule has 0 unspecified atom stereocenters. The Hall–Kier alpha value is -3.30. The van der Waals surface area contributed by atoms with Gasteiger partial charge in [-0.05, 0) is 19.1 Å². The van der Waals surface area contributed by atoms with Crippen LogP contribution in [0.1, 0.15) is 20.1 Å². The molecule has 188 valence electrons. The number of nitrogens with zero attached hydrogens (tertiary/aromatic N) is 2. The molecule has 2 heterocycles. The number of hydrogen-bond donors (Lipinski definition) is 2. The molecule has 1 saturated heterocycles. The molecular formula is C21H24FN3O9P+. The number of aliphatic hydroxyl groups excluding tert-OH is 1. The second-order valence-electron chi connectivity index (χ2n) is 7.77. The highest BCUT2D eigenvalue weighted by molar-refractivity contribution is 7.59. The monoisotopic (exact) mass is 512 g/mol. The zero-order chi connectivity index (χ0) is 25.8. The minimum atomic E-state index is -4.33. The van der Waals surface area contributed by atoms with Crippen molar-refractivity contribution in [3.63, 3.8) is 0 Å². The highest BCUT2D eigenvalue weighted by atomic mass is 31.2. The Labute approximate surface area is 198 Å². The lowest BCUT2D eigenvalue weighted by atomic mass is 9.98. The summed E-state index contributed by atoms with van der Waals surface area (Å²) < 4.78 is 50.3. The Morgan fingerprint density at radius 1 is 1.37 bits per heavy atom. The third kappa shape index (κ3) is 6.04. The molecule has 0 bridgehead atoms. The van der Waals surface area contributed by atoms with E-state index in [1.165, 1.54) is 19.1 Å². The molecule has 0 amide bonds. The van der Waals surface area contributed by atoms with Gasteiger partial charge in [0.15, 0.2) is 11.9 Å². The Morgan fingerprint density at radius 2 is 2.06 bits per heavy atom. The largest absolute Gasteiger partial charge is 0.530 e. The van der Waals surface area contributed by atoms with Crippen molar-refractivity contribution in [2.24, 2.45) is 0 Å². The maximum atomic E-state index is 15.4. The highest BCUT2D eigenvalue weighted by Crippen LogP contribution is 2.49. The van der Waals surface area contributed by atoms with Gasteiger partial charge < -0.3 is 19.1 Å². The molecule has 1 aromatic carbocycles. The van der Waals surface area contributed by atoms with Crippen LogP contribution in [0.4, 0.5) is 4.39 Å². The molecule has 0 aliphatic carbocycles. The Morgan fingerprint density at radius 3 is 2.69 bits per heavy atom. The van der Waals surface area contributed by atoms with E-state index < -0.39 is 61.6 Å². The van der Waals surface area contributed by atoms with E-state index in [2.05, 4.69) is 15.4 Å². The van der Waals surface area contributed by atoms with Crippen molar-refractivity contribution < 1.29 is 37.4 Å². The minimum absolute atomic E-state index is 0.130. The van der Waals surface area contributed by atoms with Crippen LogP contribution in [0, 0.1) is 5.81 Å². The van der Waals surface area contributed by atoms with E-state index in [0.717, 1.165) is 30.9 Å². The number of aromatic nitrogens is 2. The first-order valence-corrected chi connectivity index (χ1v) is 11.9. The maximum absolute atomic E-state index is 15.4. The lowest BCUT2D eigenvalue weighted by molar-refractivity contribution is -0.140. The summed E-state index contributed by atoms with van der Waals surface area (Å²) in [7, 11) is -3.17. The number of para-hydroxylation sites is 1. The number of aromatic amines is 1. The van der Waals surface area contributed by atoms with Crippen LogP contribution in [0.3, 0.4) is 0 Å². The molecule has 1 aromatic heterocycles. The van der Waals surface area contributed by atoms with Gasteiger partial charge >= 0.3 is 31.1 Å².